The lowest BCUT2D eigenvalue weighted by molar-refractivity contribution is -0.140. The molecule has 1 aromatic carbocycles. The van der Waals surface area contributed by atoms with Crippen LogP contribution in [0.1, 0.15) is 25.8 Å². The predicted molar refractivity (Wildman–Crippen MR) is 76.5 cm³/mol. The molecular weight excluding hydrogens is 258 g/mol. The van der Waals surface area contributed by atoms with Gasteiger partial charge in [0.15, 0.2) is 0 Å². The van der Waals surface area contributed by atoms with Crippen LogP contribution >= 0.6 is 0 Å². The van der Waals surface area contributed by atoms with E-state index in [0.717, 1.165) is 12.0 Å². The molecule has 0 bridgehead atoms. The number of hydrogen-bond acceptors (Lipinski definition) is 3. The molecule has 20 heavy (non-hydrogen) atoms. The minimum absolute atomic E-state index is 0.454. The molecule has 0 heterocycles. The zero-order chi connectivity index (χ0) is 15.0. The summed E-state index contributed by atoms with van der Waals surface area (Å²) < 4.78 is 5.56. The Morgan fingerprint density at radius 2 is 2.10 bits per heavy atom. The summed E-state index contributed by atoms with van der Waals surface area (Å²) in [5, 5.41) is 11.0. The first kappa shape index (κ1) is 15.8. The smallest absolute Gasteiger partial charge is 0.325 e. The molecule has 0 saturated carbocycles. The van der Waals surface area contributed by atoms with Gasteiger partial charge in [-0.15, -0.1) is 0 Å². The second-order valence-electron chi connectivity index (χ2n) is 4.29. The molecular formula is C15H19NO4. The number of para-hydroxylation sites is 1. The van der Waals surface area contributed by atoms with Crippen molar-refractivity contribution in [2.24, 2.45) is 0 Å². The van der Waals surface area contributed by atoms with E-state index in [1.807, 2.05) is 31.2 Å². The van der Waals surface area contributed by atoms with E-state index in [-0.39, 0.29) is 0 Å². The first-order valence-corrected chi connectivity index (χ1v) is 6.47. The number of carbonyl (C=O) groups is 2. The molecule has 5 nitrogen and oxygen atoms in total. The third-order valence-electron chi connectivity index (χ3n) is 2.52. The lowest BCUT2D eigenvalue weighted by atomic mass is 10.2. The Morgan fingerprint density at radius 1 is 1.40 bits per heavy atom. The van der Waals surface area contributed by atoms with Crippen LogP contribution in [-0.4, -0.2) is 29.6 Å². The molecule has 0 aliphatic carbocycles. The summed E-state index contributed by atoms with van der Waals surface area (Å²) in [6.45, 7) is 4.03. The molecule has 0 aliphatic heterocycles. The first-order chi connectivity index (χ1) is 9.54. The summed E-state index contributed by atoms with van der Waals surface area (Å²) >= 11 is 0. The Labute approximate surface area is 118 Å². The van der Waals surface area contributed by atoms with Crippen LogP contribution in [0, 0.1) is 0 Å². The van der Waals surface area contributed by atoms with Crippen LogP contribution in [0.5, 0.6) is 5.75 Å². The normalized spacial score (nSPS) is 12.1. The number of aliphatic carboxylic acids is 1. The van der Waals surface area contributed by atoms with E-state index in [1.165, 1.54) is 13.0 Å². The van der Waals surface area contributed by atoms with E-state index in [4.69, 9.17) is 9.84 Å². The third-order valence-corrected chi connectivity index (χ3v) is 2.52. The van der Waals surface area contributed by atoms with E-state index in [9.17, 15) is 9.59 Å². The molecule has 0 radical (unpaired) electrons. The number of carbonyl (C=O) groups excluding carboxylic acids is 1. The maximum absolute atomic E-state index is 11.6. The van der Waals surface area contributed by atoms with Crippen molar-refractivity contribution in [3.63, 3.8) is 0 Å². The maximum Gasteiger partial charge on any atom is 0.325 e. The molecule has 1 rings (SSSR count). The molecule has 0 spiro atoms. The van der Waals surface area contributed by atoms with Crippen LogP contribution in [0.3, 0.4) is 0 Å². The van der Waals surface area contributed by atoms with Gasteiger partial charge in [0.2, 0.25) is 5.91 Å². The molecule has 0 unspecified atom stereocenters. The number of carboxylic acid groups (broad SMARTS) is 1. The van der Waals surface area contributed by atoms with Gasteiger partial charge in [-0.25, -0.2) is 0 Å². The summed E-state index contributed by atoms with van der Waals surface area (Å²) in [6, 6.07) is 6.44. The molecule has 0 fully saturated rings. The van der Waals surface area contributed by atoms with Crippen LogP contribution < -0.4 is 10.1 Å². The zero-order valence-corrected chi connectivity index (χ0v) is 11.6. The van der Waals surface area contributed by atoms with Gasteiger partial charge in [-0.1, -0.05) is 25.1 Å². The SMILES string of the molecule is CCCOc1ccccc1/C=C/C(=O)N[C@@H](C)C(=O)O. The predicted octanol–water partition coefficient (Wildman–Crippen LogP) is 2.08. The van der Waals surface area contributed by atoms with Gasteiger partial charge in [0.05, 0.1) is 6.61 Å². The molecule has 5 heteroatoms. The monoisotopic (exact) mass is 277 g/mol. The summed E-state index contributed by atoms with van der Waals surface area (Å²) in [7, 11) is 0. The van der Waals surface area contributed by atoms with Crippen molar-refractivity contribution in [1.29, 1.82) is 0 Å². The summed E-state index contributed by atoms with van der Waals surface area (Å²) in [6.07, 6.45) is 3.80. The van der Waals surface area contributed by atoms with E-state index in [1.54, 1.807) is 6.08 Å². The summed E-state index contributed by atoms with van der Waals surface area (Å²) in [5.74, 6) is -0.826. The average molecular weight is 277 g/mol. The molecule has 2 N–H and O–H groups in total. The van der Waals surface area contributed by atoms with Crippen LogP contribution in [0.25, 0.3) is 6.08 Å². The highest BCUT2D eigenvalue weighted by Gasteiger charge is 2.11. The van der Waals surface area contributed by atoms with Crippen LogP contribution in [-0.2, 0) is 9.59 Å². The van der Waals surface area contributed by atoms with Crippen molar-refractivity contribution in [2.45, 2.75) is 26.3 Å². The van der Waals surface area contributed by atoms with Gasteiger partial charge in [0.25, 0.3) is 0 Å². The zero-order valence-electron chi connectivity index (χ0n) is 11.6. The fourth-order valence-electron chi connectivity index (χ4n) is 1.45. The Bertz CT molecular complexity index is 496. The third kappa shape index (κ3) is 5.14. The lowest BCUT2D eigenvalue weighted by Gasteiger charge is -2.08. The standard InChI is InChI=1S/C15H19NO4/c1-3-10-20-13-7-5-4-6-12(13)8-9-14(17)16-11(2)15(18)19/h4-9,11H,3,10H2,1-2H3,(H,16,17)(H,18,19)/b9-8+/t11-/m0/s1. The lowest BCUT2D eigenvalue weighted by Crippen LogP contribution is -2.37. The van der Waals surface area contributed by atoms with E-state index < -0.39 is 17.9 Å². The minimum Gasteiger partial charge on any atom is -0.493 e. The van der Waals surface area contributed by atoms with Crippen molar-refractivity contribution in [1.82, 2.24) is 5.32 Å². The van der Waals surface area contributed by atoms with Crippen molar-refractivity contribution >= 4 is 18.0 Å². The molecule has 0 saturated heterocycles. The maximum atomic E-state index is 11.6. The average Bonchev–Trinajstić information content (AvgIpc) is 2.43. The van der Waals surface area contributed by atoms with Gasteiger partial charge in [0.1, 0.15) is 11.8 Å². The second kappa shape index (κ2) is 7.99. The molecule has 108 valence electrons. The Kier molecular flexibility index (Phi) is 6.29. The number of rotatable bonds is 7. The molecule has 0 aromatic heterocycles. The van der Waals surface area contributed by atoms with Gasteiger partial charge in [-0.05, 0) is 25.5 Å². The molecule has 1 amide bonds. The quantitative estimate of drug-likeness (QED) is 0.748. The highest BCUT2D eigenvalue weighted by molar-refractivity contribution is 5.94. The summed E-state index contributed by atoms with van der Waals surface area (Å²) in [5.41, 5.74) is 0.777. The van der Waals surface area contributed by atoms with Crippen LogP contribution in [0.2, 0.25) is 0 Å². The number of benzene rings is 1. The fraction of sp³-hybridized carbons (Fsp3) is 0.333. The van der Waals surface area contributed by atoms with Crippen molar-refractivity contribution in [3.8, 4) is 5.75 Å². The largest absolute Gasteiger partial charge is 0.493 e. The number of nitrogens with one attached hydrogen (secondary N) is 1. The fourth-order valence-corrected chi connectivity index (χ4v) is 1.45. The van der Waals surface area contributed by atoms with Crippen LogP contribution in [0.4, 0.5) is 0 Å². The number of carboxylic acids is 1. The Morgan fingerprint density at radius 3 is 2.75 bits per heavy atom. The molecule has 0 aliphatic rings. The van der Waals surface area contributed by atoms with Gasteiger partial charge in [-0.3, -0.25) is 9.59 Å². The number of hydrogen-bond donors (Lipinski definition) is 2. The van der Waals surface area contributed by atoms with Gasteiger partial charge < -0.3 is 15.2 Å². The molecule has 1 atom stereocenters. The van der Waals surface area contributed by atoms with E-state index in [0.29, 0.717) is 12.4 Å². The number of amides is 1. The number of ether oxygens (including phenoxy) is 1. The molecule has 1 aromatic rings. The Balaban J connectivity index is 2.69. The van der Waals surface area contributed by atoms with Gasteiger partial charge in [-0.2, -0.15) is 0 Å². The van der Waals surface area contributed by atoms with Crippen LogP contribution in [0.15, 0.2) is 30.3 Å². The second-order valence-corrected chi connectivity index (χ2v) is 4.29. The van der Waals surface area contributed by atoms with Gasteiger partial charge >= 0.3 is 5.97 Å². The van der Waals surface area contributed by atoms with Crippen molar-refractivity contribution in [3.05, 3.63) is 35.9 Å². The van der Waals surface area contributed by atoms with Gasteiger partial charge in [0, 0.05) is 11.6 Å². The van der Waals surface area contributed by atoms with E-state index in [2.05, 4.69) is 5.32 Å². The Hall–Kier alpha value is -2.30. The van der Waals surface area contributed by atoms with Crippen molar-refractivity contribution in [2.75, 3.05) is 6.61 Å². The highest BCUT2D eigenvalue weighted by Crippen LogP contribution is 2.19. The summed E-state index contributed by atoms with van der Waals surface area (Å²) in [4.78, 5) is 22.2. The minimum atomic E-state index is -1.07. The topological polar surface area (TPSA) is 75.6 Å². The first-order valence-electron chi connectivity index (χ1n) is 6.47. The van der Waals surface area contributed by atoms with E-state index >= 15 is 0 Å². The van der Waals surface area contributed by atoms with Crippen molar-refractivity contribution < 1.29 is 19.4 Å². The highest BCUT2D eigenvalue weighted by atomic mass is 16.5.